The van der Waals surface area contributed by atoms with Crippen LogP contribution >= 0.6 is 0 Å². The molecule has 0 aliphatic carbocycles. The smallest absolute Gasteiger partial charge is 0.181 e. The Balaban J connectivity index is 2.18. The fourth-order valence-corrected chi connectivity index (χ4v) is 1.74. The Morgan fingerprint density at radius 1 is 1.40 bits per heavy atom. The molecular formula is C11H10N2O2. The number of benzene rings is 1. The van der Waals surface area contributed by atoms with Crippen molar-refractivity contribution < 1.29 is 9.15 Å². The van der Waals surface area contributed by atoms with Crippen LogP contribution in [-0.2, 0) is 13.2 Å². The molecule has 0 radical (unpaired) electrons. The molecule has 0 spiro atoms. The molecule has 0 fully saturated rings. The number of oxazole rings is 1. The van der Waals surface area contributed by atoms with Crippen LogP contribution in [0.5, 0.6) is 5.75 Å². The summed E-state index contributed by atoms with van der Waals surface area (Å²) in [5.41, 5.74) is 8.42. The van der Waals surface area contributed by atoms with Crippen molar-refractivity contribution in [3.63, 3.8) is 0 Å². The average molecular weight is 202 g/mol. The topological polar surface area (TPSA) is 61.3 Å². The molecule has 0 saturated heterocycles. The lowest BCUT2D eigenvalue weighted by Gasteiger charge is -2.16. The molecule has 0 saturated carbocycles. The molecule has 0 atom stereocenters. The summed E-state index contributed by atoms with van der Waals surface area (Å²) in [5.74, 6) is 1.63. The zero-order valence-electron chi connectivity index (χ0n) is 8.06. The summed E-state index contributed by atoms with van der Waals surface area (Å²) in [6.45, 7) is 0.979. The highest BCUT2D eigenvalue weighted by atomic mass is 16.5. The summed E-state index contributed by atoms with van der Waals surface area (Å²) in [6, 6.07) is 5.88. The summed E-state index contributed by atoms with van der Waals surface area (Å²) < 4.78 is 10.9. The van der Waals surface area contributed by atoms with Gasteiger partial charge in [0.05, 0.1) is 5.56 Å². The molecule has 1 aromatic heterocycles. The molecule has 1 aromatic carbocycles. The average Bonchev–Trinajstić information content (AvgIpc) is 2.76. The summed E-state index contributed by atoms with van der Waals surface area (Å²) >= 11 is 0. The molecule has 15 heavy (non-hydrogen) atoms. The van der Waals surface area contributed by atoms with Gasteiger partial charge in [-0.25, -0.2) is 4.98 Å². The predicted octanol–water partition coefficient (Wildman–Crippen LogP) is 1.69. The van der Waals surface area contributed by atoms with Crippen LogP contribution in [0.2, 0.25) is 0 Å². The van der Waals surface area contributed by atoms with Gasteiger partial charge in [-0.1, -0.05) is 6.07 Å². The van der Waals surface area contributed by atoms with Crippen LogP contribution < -0.4 is 10.5 Å². The van der Waals surface area contributed by atoms with Gasteiger partial charge >= 0.3 is 0 Å². The molecule has 2 heterocycles. The third-order valence-electron chi connectivity index (χ3n) is 2.53. The van der Waals surface area contributed by atoms with Crippen molar-refractivity contribution in [2.45, 2.75) is 13.2 Å². The second kappa shape index (κ2) is 3.10. The van der Waals surface area contributed by atoms with E-state index >= 15 is 0 Å². The zero-order chi connectivity index (χ0) is 10.3. The van der Waals surface area contributed by atoms with Crippen molar-refractivity contribution >= 4 is 0 Å². The maximum atomic E-state index is 5.57. The summed E-state index contributed by atoms with van der Waals surface area (Å²) in [6.07, 6.45) is 1.44. The van der Waals surface area contributed by atoms with E-state index in [0.717, 1.165) is 28.3 Å². The summed E-state index contributed by atoms with van der Waals surface area (Å²) in [5, 5.41) is 0. The predicted molar refractivity (Wildman–Crippen MR) is 54.2 cm³/mol. The Morgan fingerprint density at radius 2 is 2.33 bits per heavy atom. The van der Waals surface area contributed by atoms with Gasteiger partial charge in [0.2, 0.25) is 0 Å². The Hall–Kier alpha value is -1.81. The third-order valence-corrected chi connectivity index (χ3v) is 2.53. The van der Waals surface area contributed by atoms with Gasteiger partial charge in [0.15, 0.2) is 12.2 Å². The van der Waals surface area contributed by atoms with Crippen molar-refractivity contribution in [3.05, 3.63) is 35.9 Å². The van der Waals surface area contributed by atoms with Crippen LogP contribution in [0.25, 0.3) is 11.3 Å². The first kappa shape index (κ1) is 8.49. The summed E-state index contributed by atoms with van der Waals surface area (Å²) in [7, 11) is 0. The highest BCUT2D eigenvalue weighted by Crippen LogP contribution is 2.37. The van der Waals surface area contributed by atoms with E-state index in [4.69, 9.17) is 14.9 Å². The van der Waals surface area contributed by atoms with Crippen LogP contribution in [0.3, 0.4) is 0 Å². The molecule has 0 bridgehead atoms. The van der Waals surface area contributed by atoms with E-state index in [1.54, 1.807) is 0 Å². The fourth-order valence-electron chi connectivity index (χ4n) is 1.74. The van der Waals surface area contributed by atoms with Crippen molar-refractivity contribution in [2.75, 3.05) is 0 Å². The van der Waals surface area contributed by atoms with Crippen molar-refractivity contribution in [2.24, 2.45) is 5.73 Å². The van der Waals surface area contributed by atoms with Crippen molar-refractivity contribution in [3.8, 4) is 17.1 Å². The van der Waals surface area contributed by atoms with E-state index in [1.807, 2.05) is 18.2 Å². The molecule has 76 valence electrons. The molecule has 2 aromatic rings. The SMILES string of the molecule is NCc1ccc2c(c1)OCc1ncoc1-2. The molecule has 4 nitrogen and oxygen atoms in total. The van der Waals surface area contributed by atoms with E-state index in [9.17, 15) is 0 Å². The number of fused-ring (bicyclic) bond motifs is 3. The lowest BCUT2D eigenvalue weighted by Crippen LogP contribution is -2.06. The number of nitrogens with two attached hydrogens (primary N) is 1. The monoisotopic (exact) mass is 202 g/mol. The van der Waals surface area contributed by atoms with E-state index in [-0.39, 0.29) is 0 Å². The van der Waals surface area contributed by atoms with Gasteiger partial charge in [0, 0.05) is 6.54 Å². The minimum absolute atomic E-state index is 0.465. The maximum absolute atomic E-state index is 5.57. The molecular weight excluding hydrogens is 192 g/mol. The fraction of sp³-hybridized carbons (Fsp3) is 0.182. The number of hydrogen-bond acceptors (Lipinski definition) is 4. The van der Waals surface area contributed by atoms with Gasteiger partial charge < -0.3 is 14.9 Å². The van der Waals surface area contributed by atoms with Gasteiger partial charge in [-0.3, -0.25) is 0 Å². The van der Waals surface area contributed by atoms with Crippen LogP contribution in [0.15, 0.2) is 29.0 Å². The third kappa shape index (κ3) is 1.22. The first-order chi connectivity index (χ1) is 7.38. The minimum Gasteiger partial charge on any atom is -0.486 e. The van der Waals surface area contributed by atoms with Gasteiger partial charge in [0.25, 0.3) is 0 Å². The van der Waals surface area contributed by atoms with Gasteiger partial charge in [-0.05, 0) is 17.7 Å². The second-order valence-electron chi connectivity index (χ2n) is 3.45. The Bertz CT molecular complexity index is 505. The summed E-state index contributed by atoms with van der Waals surface area (Å²) in [4.78, 5) is 4.08. The van der Waals surface area contributed by atoms with Crippen molar-refractivity contribution in [1.82, 2.24) is 4.98 Å². The number of rotatable bonds is 1. The van der Waals surface area contributed by atoms with Crippen LogP contribution in [0, 0.1) is 0 Å². The second-order valence-corrected chi connectivity index (χ2v) is 3.45. The van der Waals surface area contributed by atoms with Crippen LogP contribution in [0.4, 0.5) is 0 Å². The molecule has 3 rings (SSSR count). The maximum Gasteiger partial charge on any atom is 0.181 e. The molecule has 1 aliphatic rings. The largest absolute Gasteiger partial charge is 0.486 e. The molecule has 4 heteroatoms. The van der Waals surface area contributed by atoms with E-state index in [2.05, 4.69) is 4.98 Å². The van der Waals surface area contributed by atoms with Crippen LogP contribution in [0.1, 0.15) is 11.3 Å². The van der Waals surface area contributed by atoms with Gasteiger partial charge in [-0.15, -0.1) is 0 Å². The lowest BCUT2D eigenvalue weighted by molar-refractivity contribution is 0.295. The van der Waals surface area contributed by atoms with Crippen LogP contribution in [-0.4, -0.2) is 4.98 Å². The van der Waals surface area contributed by atoms with Crippen molar-refractivity contribution in [1.29, 1.82) is 0 Å². The number of ether oxygens (including phenoxy) is 1. The first-order valence-corrected chi connectivity index (χ1v) is 4.77. The molecule has 0 amide bonds. The van der Waals surface area contributed by atoms with E-state index < -0.39 is 0 Å². The first-order valence-electron chi connectivity index (χ1n) is 4.77. The molecule has 0 unspecified atom stereocenters. The Morgan fingerprint density at radius 3 is 3.20 bits per heavy atom. The highest BCUT2D eigenvalue weighted by molar-refractivity contribution is 5.69. The number of aromatic nitrogens is 1. The standard InChI is InChI=1S/C11H10N2O2/c12-4-7-1-2-8-10(3-7)14-5-9-11(8)15-6-13-9/h1-3,6H,4-5,12H2. The minimum atomic E-state index is 0.465. The number of nitrogens with zero attached hydrogens (tertiary/aromatic N) is 1. The molecule has 2 N–H and O–H groups in total. The van der Waals surface area contributed by atoms with E-state index in [0.29, 0.717) is 13.2 Å². The zero-order valence-corrected chi connectivity index (χ0v) is 8.06. The van der Waals surface area contributed by atoms with E-state index in [1.165, 1.54) is 6.39 Å². The number of hydrogen-bond donors (Lipinski definition) is 1. The van der Waals surface area contributed by atoms with Gasteiger partial charge in [0.1, 0.15) is 18.1 Å². The lowest BCUT2D eigenvalue weighted by atomic mass is 10.1. The Kier molecular flexibility index (Phi) is 1.76. The van der Waals surface area contributed by atoms with Gasteiger partial charge in [-0.2, -0.15) is 0 Å². The normalized spacial score (nSPS) is 12.9. The quantitative estimate of drug-likeness (QED) is 0.764. The highest BCUT2D eigenvalue weighted by Gasteiger charge is 2.21. The molecule has 1 aliphatic heterocycles. The Labute approximate surface area is 86.7 Å².